The predicted octanol–water partition coefficient (Wildman–Crippen LogP) is 3.15. The van der Waals surface area contributed by atoms with Gasteiger partial charge in [0.2, 0.25) is 0 Å². The number of hydrogen-bond donors (Lipinski definition) is 1. The highest BCUT2D eigenvalue weighted by molar-refractivity contribution is 5.40. The maximum absolute atomic E-state index is 5.81. The molecule has 0 atom stereocenters. The first-order chi connectivity index (χ1) is 8.81. The number of allylic oxidation sites excluding steroid dienone is 1. The van der Waals surface area contributed by atoms with E-state index in [0.29, 0.717) is 6.61 Å². The van der Waals surface area contributed by atoms with Crippen molar-refractivity contribution in [2.45, 2.75) is 26.3 Å². The molecule has 0 saturated heterocycles. The summed E-state index contributed by atoms with van der Waals surface area (Å²) in [6.45, 7) is 8.27. The highest BCUT2D eigenvalue weighted by Crippen LogP contribution is 2.25. The van der Waals surface area contributed by atoms with E-state index in [1.807, 2.05) is 24.3 Å². The molecular formula is C15H23NO2. The van der Waals surface area contributed by atoms with Gasteiger partial charge in [0.1, 0.15) is 11.5 Å². The van der Waals surface area contributed by atoms with Gasteiger partial charge in [0.05, 0.1) is 13.7 Å². The second kappa shape index (κ2) is 8.59. The summed E-state index contributed by atoms with van der Waals surface area (Å²) in [5.41, 5.74) is 1.16. The van der Waals surface area contributed by atoms with E-state index in [0.717, 1.165) is 43.0 Å². The molecule has 1 aromatic carbocycles. The summed E-state index contributed by atoms with van der Waals surface area (Å²) in [7, 11) is 1.67. The molecule has 100 valence electrons. The Kier molecular flexibility index (Phi) is 6.96. The molecule has 0 unspecified atom stereocenters. The third kappa shape index (κ3) is 4.80. The lowest BCUT2D eigenvalue weighted by Crippen LogP contribution is -2.13. The molecule has 3 heteroatoms. The molecule has 0 heterocycles. The number of rotatable bonds is 9. The van der Waals surface area contributed by atoms with E-state index in [1.54, 1.807) is 7.11 Å². The van der Waals surface area contributed by atoms with Gasteiger partial charge < -0.3 is 14.8 Å². The zero-order chi connectivity index (χ0) is 13.2. The first-order valence-electron chi connectivity index (χ1n) is 6.43. The standard InChI is InChI=1S/C15H23NO2/c1-4-6-7-10-18-15-11-14(17-3)9-8-13(15)12-16-5-2/h4,8-9,11,16H,1,5-7,10,12H2,2-3H3. The van der Waals surface area contributed by atoms with Crippen LogP contribution in [0.15, 0.2) is 30.9 Å². The number of benzene rings is 1. The highest BCUT2D eigenvalue weighted by Gasteiger charge is 2.05. The first-order valence-corrected chi connectivity index (χ1v) is 6.43. The fourth-order valence-electron chi connectivity index (χ4n) is 1.61. The Bertz CT molecular complexity index is 364. The van der Waals surface area contributed by atoms with Crippen LogP contribution in [0.25, 0.3) is 0 Å². The minimum absolute atomic E-state index is 0.707. The van der Waals surface area contributed by atoms with Crippen molar-refractivity contribution in [2.75, 3.05) is 20.3 Å². The molecule has 0 aliphatic rings. The third-order valence-electron chi connectivity index (χ3n) is 2.65. The monoisotopic (exact) mass is 249 g/mol. The number of ether oxygens (including phenoxy) is 2. The van der Waals surface area contributed by atoms with Crippen molar-refractivity contribution in [1.82, 2.24) is 5.32 Å². The molecule has 1 rings (SSSR count). The normalized spacial score (nSPS) is 10.1. The van der Waals surface area contributed by atoms with Gasteiger partial charge in [-0.1, -0.05) is 19.1 Å². The van der Waals surface area contributed by atoms with E-state index in [-0.39, 0.29) is 0 Å². The number of unbranched alkanes of at least 4 members (excludes halogenated alkanes) is 1. The van der Waals surface area contributed by atoms with Crippen LogP contribution in [-0.2, 0) is 6.54 Å². The number of nitrogens with one attached hydrogen (secondary N) is 1. The van der Waals surface area contributed by atoms with E-state index < -0.39 is 0 Å². The molecule has 0 spiro atoms. The van der Waals surface area contributed by atoms with E-state index in [4.69, 9.17) is 9.47 Å². The Morgan fingerprint density at radius 3 is 2.89 bits per heavy atom. The average Bonchev–Trinajstić information content (AvgIpc) is 2.42. The van der Waals surface area contributed by atoms with Crippen LogP contribution in [-0.4, -0.2) is 20.3 Å². The van der Waals surface area contributed by atoms with Crippen LogP contribution in [0.4, 0.5) is 0 Å². The Morgan fingerprint density at radius 1 is 1.39 bits per heavy atom. The van der Waals surface area contributed by atoms with E-state index in [1.165, 1.54) is 0 Å². The number of methoxy groups -OCH3 is 1. The molecule has 18 heavy (non-hydrogen) atoms. The Morgan fingerprint density at radius 2 is 2.22 bits per heavy atom. The molecule has 0 saturated carbocycles. The molecule has 1 aromatic rings. The molecule has 0 aliphatic carbocycles. The van der Waals surface area contributed by atoms with Gasteiger partial charge in [0.25, 0.3) is 0 Å². The fourth-order valence-corrected chi connectivity index (χ4v) is 1.61. The van der Waals surface area contributed by atoms with Crippen LogP contribution >= 0.6 is 0 Å². The SMILES string of the molecule is C=CCCCOc1cc(OC)ccc1CNCC. The lowest BCUT2D eigenvalue weighted by atomic mass is 10.2. The molecule has 0 radical (unpaired) electrons. The lowest BCUT2D eigenvalue weighted by Gasteiger charge is -2.13. The highest BCUT2D eigenvalue weighted by atomic mass is 16.5. The van der Waals surface area contributed by atoms with Gasteiger partial charge in [-0.2, -0.15) is 0 Å². The Labute approximate surface area is 110 Å². The van der Waals surface area contributed by atoms with Crippen LogP contribution in [0.3, 0.4) is 0 Å². The summed E-state index contributed by atoms with van der Waals surface area (Å²) in [5, 5.41) is 3.31. The van der Waals surface area contributed by atoms with Crippen LogP contribution in [0, 0.1) is 0 Å². The van der Waals surface area contributed by atoms with Crippen molar-refractivity contribution in [3.8, 4) is 11.5 Å². The van der Waals surface area contributed by atoms with Gasteiger partial charge in [-0.3, -0.25) is 0 Å². The minimum Gasteiger partial charge on any atom is -0.497 e. The van der Waals surface area contributed by atoms with E-state index in [9.17, 15) is 0 Å². The summed E-state index contributed by atoms with van der Waals surface area (Å²) in [5.74, 6) is 1.73. The van der Waals surface area contributed by atoms with Gasteiger partial charge in [0.15, 0.2) is 0 Å². The maximum atomic E-state index is 5.81. The molecule has 0 aromatic heterocycles. The van der Waals surface area contributed by atoms with Crippen molar-refractivity contribution >= 4 is 0 Å². The van der Waals surface area contributed by atoms with Crippen molar-refractivity contribution in [2.24, 2.45) is 0 Å². The molecule has 1 N–H and O–H groups in total. The van der Waals surface area contributed by atoms with E-state index in [2.05, 4.69) is 18.8 Å². The topological polar surface area (TPSA) is 30.5 Å². The summed E-state index contributed by atoms with van der Waals surface area (Å²) >= 11 is 0. The Hall–Kier alpha value is -1.48. The predicted molar refractivity (Wildman–Crippen MR) is 75.3 cm³/mol. The minimum atomic E-state index is 0.707. The van der Waals surface area contributed by atoms with Gasteiger partial charge in [-0.05, 0) is 25.5 Å². The second-order valence-electron chi connectivity index (χ2n) is 4.03. The molecule has 0 fully saturated rings. The zero-order valence-electron chi connectivity index (χ0n) is 11.4. The molecule has 0 amide bonds. The summed E-state index contributed by atoms with van der Waals surface area (Å²) in [6, 6.07) is 5.95. The maximum Gasteiger partial charge on any atom is 0.127 e. The van der Waals surface area contributed by atoms with Gasteiger partial charge in [-0.25, -0.2) is 0 Å². The lowest BCUT2D eigenvalue weighted by molar-refractivity contribution is 0.305. The first kappa shape index (κ1) is 14.6. The third-order valence-corrected chi connectivity index (χ3v) is 2.65. The largest absolute Gasteiger partial charge is 0.497 e. The average molecular weight is 249 g/mol. The van der Waals surface area contributed by atoms with Crippen molar-refractivity contribution in [3.05, 3.63) is 36.4 Å². The molecule has 3 nitrogen and oxygen atoms in total. The van der Waals surface area contributed by atoms with Gasteiger partial charge in [-0.15, -0.1) is 6.58 Å². The molecule has 0 bridgehead atoms. The quantitative estimate of drug-likeness (QED) is 0.538. The summed E-state index contributed by atoms with van der Waals surface area (Å²) in [6.07, 6.45) is 3.88. The van der Waals surface area contributed by atoms with E-state index >= 15 is 0 Å². The zero-order valence-corrected chi connectivity index (χ0v) is 11.4. The van der Waals surface area contributed by atoms with Crippen LogP contribution in [0.2, 0.25) is 0 Å². The number of hydrogen-bond acceptors (Lipinski definition) is 3. The van der Waals surface area contributed by atoms with Gasteiger partial charge >= 0.3 is 0 Å². The summed E-state index contributed by atoms with van der Waals surface area (Å²) < 4.78 is 11.0. The summed E-state index contributed by atoms with van der Waals surface area (Å²) in [4.78, 5) is 0. The van der Waals surface area contributed by atoms with Crippen LogP contribution in [0.1, 0.15) is 25.3 Å². The van der Waals surface area contributed by atoms with Crippen molar-refractivity contribution in [3.63, 3.8) is 0 Å². The van der Waals surface area contributed by atoms with Crippen LogP contribution < -0.4 is 14.8 Å². The van der Waals surface area contributed by atoms with Crippen LogP contribution in [0.5, 0.6) is 11.5 Å². The van der Waals surface area contributed by atoms with Gasteiger partial charge in [0, 0.05) is 18.2 Å². The smallest absolute Gasteiger partial charge is 0.127 e. The molecular weight excluding hydrogens is 226 g/mol. The fraction of sp³-hybridized carbons (Fsp3) is 0.467. The second-order valence-corrected chi connectivity index (χ2v) is 4.03. The Balaban J connectivity index is 2.66. The van der Waals surface area contributed by atoms with Crippen molar-refractivity contribution in [1.29, 1.82) is 0 Å². The molecule has 0 aliphatic heterocycles. The van der Waals surface area contributed by atoms with Crippen molar-refractivity contribution < 1.29 is 9.47 Å².